The molecule has 0 amide bonds. The molecule has 78 valence electrons. The Labute approximate surface area is 88.7 Å². The second kappa shape index (κ2) is 4.04. The van der Waals surface area contributed by atoms with Gasteiger partial charge in [0.05, 0.1) is 17.7 Å². The van der Waals surface area contributed by atoms with Crippen molar-refractivity contribution in [1.29, 1.82) is 0 Å². The molecule has 1 heterocycles. The molecule has 0 bridgehead atoms. The van der Waals surface area contributed by atoms with E-state index in [0.29, 0.717) is 0 Å². The standard InChI is InChI=1S/C11H14N4/c1-13-11-6-9(2-3-10(11)12)7-15-5-4-14-8-15/h2-6,8,13H,7,12H2,1H3. The number of rotatable bonds is 3. The van der Waals surface area contributed by atoms with Gasteiger partial charge in [0.25, 0.3) is 0 Å². The summed E-state index contributed by atoms with van der Waals surface area (Å²) in [6.45, 7) is 0.814. The third-order valence-corrected chi connectivity index (χ3v) is 2.31. The molecule has 4 nitrogen and oxygen atoms in total. The Bertz CT molecular complexity index is 434. The highest BCUT2D eigenvalue weighted by atomic mass is 15.0. The summed E-state index contributed by atoms with van der Waals surface area (Å²) in [7, 11) is 1.87. The van der Waals surface area contributed by atoms with E-state index in [4.69, 9.17) is 5.73 Å². The third-order valence-electron chi connectivity index (χ3n) is 2.31. The summed E-state index contributed by atoms with van der Waals surface area (Å²) >= 11 is 0. The number of benzene rings is 1. The molecule has 4 heteroatoms. The van der Waals surface area contributed by atoms with Gasteiger partial charge in [-0.25, -0.2) is 4.98 Å². The van der Waals surface area contributed by atoms with Gasteiger partial charge in [-0.3, -0.25) is 0 Å². The van der Waals surface area contributed by atoms with Crippen molar-refractivity contribution in [3.63, 3.8) is 0 Å². The first-order valence-electron chi connectivity index (χ1n) is 4.81. The molecule has 2 aromatic rings. The summed E-state index contributed by atoms with van der Waals surface area (Å²) in [6, 6.07) is 5.99. The summed E-state index contributed by atoms with van der Waals surface area (Å²) in [4.78, 5) is 4.00. The van der Waals surface area contributed by atoms with Crippen molar-refractivity contribution in [3.05, 3.63) is 42.5 Å². The minimum Gasteiger partial charge on any atom is -0.397 e. The van der Waals surface area contributed by atoms with Crippen LogP contribution in [0.3, 0.4) is 0 Å². The minimum absolute atomic E-state index is 0.770. The number of anilines is 2. The van der Waals surface area contributed by atoms with Gasteiger partial charge in [0.15, 0.2) is 0 Å². The van der Waals surface area contributed by atoms with Gasteiger partial charge in [-0.05, 0) is 17.7 Å². The van der Waals surface area contributed by atoms with Gasteiger partial charge in [-0.2, -0.15) is 0 Å². The lowest BCUT2D eigenvalue weighted by Crippen LogP contribution is -2.00. The van der Waals surface area contributed by atoms with Crippen LogP contribution in [0.2, 0.25) is 0 Å². The maximum absolute atomic E-state index is 5.79. The van der Waals surface area contributed by atoms with E-state index in [1.807, 2.05) is 29.9 Å². The molecule has 0 saturated carbocycles. The Morgan fingerprint density at radius 1 is 1.47 bits per heavy atom. The first-order valence-corrected chi connectivity index (χ1v) is 4.81. The molecule has 0 atom stereocenters. The molecule has 15 heavy (non-hydrogen) atoms. The number of hydrogen-bond donors (Lipinski definition) is 2. The van der Waals surface area contributed by atoms with E-state index >= 15 is 0 Å². The van der Waals surface area contributed by atoms with Gasteiger partial charge in [-0.1, -0.05) is 6.07 Å². The molecule has 1 aromatic carbocycles. The van der Waals surface area contributed by atoms with E-state index in [1.165, 1.54) is 5.56 Å². The smallest absolute Gasteiger partial charge is 0.0949 e. The number of aromatic nitrogens is 2. The molecule has 0 radical (unpaired) electrons. The number of nitrogens with two attached hydrogens (primary N) is 1. The zero-order valence-corrected chi connectivity index (χ0v) is 8.64. The molecule has 0 aliphatic heterocycles. The van der Waals surface area contributed by atoms with Crippen molar-refractivity contribution in [2.45, 2.75) is 6.54 Å². The van der Waals surface area contributed by atoms with E-state index in [1.54, 1.807) is 12.5 Å². The molecule has 0 aliphatic rings. The largest absolute Gasteiger partial charge is 0.397 e. The summed E-state index contributed by atoms with van der Waals surface area (Å²) < 4.78 is 2.02. The lowest BCUT2D eigenvalue weighted by molar-refractivity contribution is 0.798. The summed E-state index contributed by atoms with van der Waals surface area (Å²) in [5.41, 5.74) is 8.73. The fraction of sp³-hybridized carbons (Fsp3) is 0.182. The summed E-state index contributed by atoms with van der Waals surface area (Å²) in [5, 5.41) is 3.07. The summed E-state index contributed by atoms with van der Waals surface area (Å²) in [5.74, 6) is 0. The van der Waals surface area contributed by atoms with Crippen LogP contribution < -0.4 is 11.1 Å². The Kier molecular flexibility index (Phi) is 2.58. The number of nitrogens with zero attached hydrogens (tertiary/aromatic N) is 2. The molecule has 3 N–H and O–H groups in total. The lowest BCUT2D eigenvalue weighted by atomic mass is 10.1. The van der Waals surface area contributed by atoms with Gasteiger partial charge < -0.3 is 15.6 Å². The quantitative estimate of drug-likeness (QED) is 0.742. The van der Waals surface area contributed by atoms with Crippen LogP contribution in [0.4, 0.5) is 11.4 Å². The van der Waals surface area contributed by atoms with Crippen LogP contribution in [0.15, 0.2) is 36.9 Å². The Morgan fingerprint density at radius 2 is 2.33 bits per heavy atom. The molecule has 2 rings (SSSR count). The molecule has 0 unspecified atom stereocenters. The number of imidazole rings is 1. The van der Waals surface area contributed by atoms with Crippen LogP contribution in [-0.2, 0) is 6.54 Å². The average Bonchev–Trinajstić information content (AvgIpc) is 2.73. The molecule has 0 fully saturated rings. The third kappa shape index (κ3) is 2.10. The maximum Gasteiger partial charge on any atom is 0.0949 e. The van der Waals surface area contributed by atoms with Gasteiger partial charge in [-0.15, -0.1) is 0 Å². The lowest BCUT2D eigenvalue weighted by Gasteiger charge is -2.08. The van der Waals surface area contributed by atoms with Crippen LogP contribution in [0.5, 0.6) is 0 Å². The highest BCUT2D eigenvalue weighted by molar-refractivity contribution is 5.66. The molecular formula is C11H14N4. The zero-order valence-electron chi connectivity index (χ0n) is 8.64. The van der Waals surface area contributed by atoms with E-state index in [2.05, 4.69) is 16.4 Å². The maximum atomic E-state index is 5.79. The second-order valence-electron chi connectivity index (χ2n) is 3.41. The van der Waals surface area contributed by atoms with Gasteiger partial charge >= 0.3 is 0 Å². The van der Waals surface area contributed by atoms with Crippen LogP contribution in [0.1, 0.15) is 5.56 Å². The first kappa shape index (κ1) is 9.58. The van der Waals surface area contributed by atoms with E-state index in [0.717, 1.165) is 17.9 Å². The van der Waals surface area contributed by atoms with Crippen molar-refractivity contribution >= 4 is 11.4 Å². The molecular weight excluding hydrogens is 188 g/mol. The number of nitrogens with one attached hydrogen (secondary N) is 1. The minimum atomic E-state index is 0.770. The summed E-state index contributed by atoms with van der Waals surface area (Å²) in [6.07, 6.45) is 5.51. The zero-order chi connectivity index (χ0) is 10.7. The SMILES string of the molecule is CNc1cc(Cn2ccnc2)ccc1N. The fourth-order valence-electron chi connectivity index (χ4n) is 1.51. The van der Waals surface area contributed by atoms with Gasteiger partial charge in [0, 0.05) is 26.0 Å². The highest BCUT2D eigenvalue weighted by Gasteiger charge is 1.99. The van der Waals surface area contributed by atoms with Crippen molar-refractivity contribution in [3.8, 4) is 0 Å². The van der Waals surface area contributed by atoms with Crippen molar-refractivity contribution in [2.24, 2.45) is 0 Å². The van der Waals surface area contributed by atoms with Crippen molar-refractivity contribution in [2.75, 3.05) is 18.1 Å². The molecule has 0 aliphatic carbocycles. The highest BCUT2D eigenvalue weighted by Crippen LogP contribution is 2.19. The van der Waals surface area contributed by atoms with E-state index < -0.39 is 0 Å². The predicted octanol–water partition coefficient (Wildman–Crippen LogP) is 1.56. The normalized spacial score (nSPS) is 10.2. The van der Waals surface area contributed by atoms with Crippen LogP contribution >= 0.6 is 0 Å². The van der Waals surface area contributed by atoms with E-state index in [-0.39, 0.29) is 0 Å². The molecule has 0 spiro atoms. The predicted molar refractivity (Wildman–Crippen MR) is 61.7 cm³/mol. The monoisotopic (exact) mass is 202 g/mol. The van der Waals surface area contributed by atoms with Crippen LogP contribution in [-0.4, -0.2) is 16.6 Å². The Morgan fingerprint density at radius 3 is 3.00 bits per heavy atom. The first-order chi connectivity index (χ1) is 7.29. The second-order valence-corrected chi connectivity index (χ2v) is 3.41. The Balaban J connectivity index is 2.22. The molecule has 0 saturated heterocycles. The van der Waals surface area contributed by atoms with Crippen LogP contribution in [0.25, 0.3) is 0 Å². The number of hydrogen-bond acceptors (Lipinski definition) is 3. The van der Waals surface area contributed by atoms with Crippen LogP contribution in [0, 0.1) is 0 Å². The fourth-order valence-corrected chi connectivity index (χ4v) is 1.51. The van der Waals surface area contributed by atoms with Crippen molar-refractivity contribution in [1.82, 2.24) is 9.55 Å². The van der Waals surface area contributed by atoms with Gasteiger partial charge in [0.2, 0.25) is 0 Å². The van der Waals surface area contributed by atoms with Gasteiger partial charge in [0.1, 0.15) is 0 Å². The molecule has 1 aromatic heterocycles. The average molecular weight is 202 g/mol. The van der Waals surface area contributed by atoms with Crippen molar-refractivity contribution < 1.29 is 0 Å². The number of nitrogen functional groups attached to an aromatic ring is 1. The van der Waals surface area contributed by atoms with E-state index in [9.17, 15) is 0 Å². The Hall–Kier alpha value is -1.97. The topological polar surface area (TPSA) is 55.9 Å².